The van der Waals surface area contributed by atoms with E-state index in [0.29, 0.717) is 24.2 Å². The van der Waals surface area contributed by atoms with Crippen LogP contribution in [0.25, 0.3) is 0 Å². The van der Waals surface area contributed by atoms with Crippen molar-refractivity contribution in [3.8, 4) is 0 Å². The van der Waals surface area contributed by atoms with Crippen molar-refractivity contribution in [1.82, 2.24) is 4.90 Å². The molecule has 1 saturated carbocycles. The molecule has 1 aliphatic carbocycles. The molecule has 0 aromatic carbocycles. The van der Waals surface area contributed by atoms with Crippen molar-refractivity contribution in [2.75, 3.05) is 24.6 Å². The molecule has 0 amide bonds. The Balaban J connectivity index is 1.84. The average Bonchev–Trinajstić information content (AvgIpc) is 3.00. The fourth-order valence-corrected chi connectivity index (χ4v) is 4.94. The van der Waals surface area contributed by atoms with E-state index in [4.69, 9.17) is 5.73 Å². The lowest BCUT2D eigenvalue weighted by Crippen LogP contribution is -2.58. The first kappa shape index (κ1) is 11.3. The predicted molar refractivity (Wildman–Crippen MR) is 66.5 cm³/mol. The average molecular weight is 257 g/mol. The van der Waals surface area contributed by atoms with E-state index in [0.717, 1.165) is 19.4 Å². The quantitative estimate of drug-likeness (QED) is 0.754. The Morgan fingerprint density at radius 2 is 2.24 bits per heavy atom. The van der Waals surface area contributed by atoms with Crippen molar-refractivity contribution < 1.29 is 8.42 Å². The summed E-state index contributed by atoms with van der Waals surface area (Å²) in [5.74, 6) is 1.81. The Morgan fingerprint density at radius 3 is 2.88 bits per heavy atom. The molecule has 0 aromatic rings. The fraction of sp³-hybridized carbons (Fsp3) is 0.909. The van der Waals surface area contributed by atoms with Gasteiger partial charge in [0.1, 0.15) is 0 Å². The minimum atomic E-state index is -2.92. The normalized spacial score (nSPS) is 36.2. The number of nitrogens with zero attached hydrogens (tertiary/aromatic N) is 2. The molecule has 96 valence electrons. The van der Waals surface area contributed by atoms with Gasteiger partial charge in [-0.25, -0.2) is 8.42 Å². The van der Waals surface area contributed by atoms with Gasteiger partial charge in [0.15, 0.2) is 15.8 Å². The van der Waals surface area contributed by atoms with Crippen molar-refractivity contribution in [2.24, 2.45) is 16.6 Å². The Morgan fingerprint density at radius 1 is 1.47 bits per heavy atom. The minimum absolute atomic E-state index is 0.233. The number of hydrogen-bond donors (Lipinski definition) is 1. The third-order valence-electron chi connectivity index (χ3n) is 4.11. The molecule has 0 bridgehead atoms. The van der Waals surface area contributed by atoms with E-state index in [1.165, 1.54) is 12.8 Å². The third-order valence-corrected chi connectivity index (χ3v) is 6.00. The van der Waals surface area contributed by atoms with Crippen LogP contribution in [-0.2, 0) is 9.84 Å². The maximum absolute atomic E-state index is 11.8. The molecule has 2 aliphatic heterocycles. The zero-order chi connectivity index (χ0) is 12.1. The monoisotopic (exact) mass is 257 g/mol. The van der Waals surface area contributed by atoms with Gasteiger partial charge in [-0.05, 0) is 31.6 Å². The van der Waals surface area contributed by atoms with Gasteiger partial charge in [0, 0.05) is 6.54 Å². The molecular formula is C11H19N3O2S. The molecule has 1 saturated heterocycles. The highest BCUT2D eigenvalue weighted by Crippen LogP contribution is 2.37. The van der Waals surface area contributed by atoms with Crippen LogP contribution in [0.5, 0.6) is 0 Å². The second-order valence-electron chi connectivity index (χ2n) is 5.65. The summed E-state index contributed by atoms with van der Waals surface area (Å²) >= 11 is 0. The second kappa shape index (κ2) is 3.60. The first-order chi connectivity index (χ1) is 8.01. The maximum Gasteiger partial charge on any atom is 0.191 e. The van der Waals surface area contributed by atoms with Gasteiger partial charge in [-0.2, -0.15) is 0 Å². The van der Waals surface area contributed by atoms with Crippen LogP contribution in [0.2, 0.25) is 0 Å². The lowest BCUT2D eigenvalue weighted by atomic mass is 9.94. The smallest absolute Gasteiger partial charge is 0.191 e. The Kier molecular flexibility index (Phi) is 2.40. The highest BCUT2D eigenvalue weighted by Gasteiger charge is 2.48. The minimum Gasteiger partial charge on any atom is -0.370 e. The molecule has 1 unspecified atom stereocenters. The third kappa shape index (κ3) is 2.03. The molecule has 3 rings (SSSR count). The summed E-state index contributed by atoms with van der Waals surface area (Å²) in [4.78, 5) is 6.38. The zero-order valence-electron chi connectivity index (χ0n) is 9.93. The summed E-state index contributed by atoms with van der Waals surface area (Å²) in [7, 11) is -2.92. The van der Waals surface area contributed by atoms with Crippen molar-refractivity contribution in [2.45, 2.75) is 31.2 Å². The Hall–Kier alpha value is -0.780. The van der Waals surface area contributed by atoms with E-state index in [1.54, 1.807) is 0 Å². The summed E-state index contributed by atoms with van der Waals surface area (Å²) in [6, 6.07) is 0. The van der Waals surface area contributed by atoms with Crippen LogP contribution in [-0.4, -0.2) is 49.4 Å². The second-order valence-corrected chi connectivity index (χ2v) is 7.83. The van der Waals surface area contributed by atoms with Gasteiger partial charge in [0.05, 0.1) is 23.6 Å². The van der Waals surface area contributed by atoms with Crippen molar-refractivity contribution in [1.29, 1.82) is 0 Å². The number of aliphatic imine (C=N–C) groups is 1. The van der Waals surface area contributed by atoms with Crippen LogP contribution < -0.4 is 5.73 Å². The first-order valence-corrected chi connectivity index (χ1v) is 8.11. The van der Waals surface area contributed by atoms with Gasteiger partial charge < -0.3 is 10.6 Å². The number of sulfone groups is 1. The topological polar surface area (TPSA) is 75.8 Å². The van der Waals surface area contributed by atoms with E-state index in [-0.39, 0.29) is 11.3 Å². The number of nitrogens with two attached hydrogens (primary N) is 1. The summed E-state index contributed by atoms with van der Waals surface area (Å²) in [5, 5.41) is 0. The molecule has 2 fully saturated rings. The summed E-state index contributed by atoms with van der Waals surface area (Å²) in [5.41, 5.74) is 5.61. The zero-order valence-corrected chi connectivity index (χ0v) is 10.7. The Labute approximate surface area is 102 Å². The van der Waals surface area contributed by atoms with Crippen LogP contribution in [0.15, 0.2) is 4.99 Å². The van der Waals surface area contributed by atoms with Crippen LogP contribution in [0.3, 0.4) is 0 Å². The molecule has 5 nitrogen and oxygen atoms in total. The van der Waals surface area contributed by atoms with Crippen LogP contribution in [0, 0.1) is 5.92 Å². The van der Waals surface area contributed by atoms with E-state index >= 15 is 0 Å². The largest absolute Gasteiger partial charge is 0.370 e. The lowest BCUT2D eigenvalue weighted by Gasteiger charge is -2.41. The molecule has 1 spiro atoms. The van der Waals surface area contributed by atoms with E-state index in [1.807, 2.05) is 0 Å². The van der Waals surface area contributed by atoms with Crippen LogP contribution in [0.4, 0.5) is 0 Å². The number of guanidine groups is 1. The summed E-state index contributed by atoms with van der Waals surface area (Å²) < 4.78 is 23.7. The molecule has 0 radical (unpaired) electrons. The van der Waals surface area contributed by atoms with Gasteiger partial charge in [0.2, 0.25) is 0 Å². The highest BCUT2D eigenvalue weighted by molar-refractivity contribution is 7.91. The molecule has 2 N–H and O–H groups in total. The highest BCUT2D eigenvalue weighted by atomic mass is 32.2. The molecule has 6 heteroatoms. The molecule has 1 atom stereocenters. The Bertz CT molecular complexity index is 455. The molecule has 0 aromatic heterocycles. The molecule has 3 aliphatic rings. The summed E-state index contributed by atoms with van der Waals surface area (Å²) in [6.07, 6.45) is 4.13. The number of hydrogen-bond acceptors (Lipinski definition) is 5. The van der Waals surface area contributed by atoms with Crippen molar-refractivity contribution in [3.63, 3.8) is 0 Å². The molecular weight excluding hydrogens is 238 g/mol. The van der Waals surface area contributed by atoms with Crippen molar-refractivity contribution in [3.05, 3.63) is 0 Å². The van der Waals surface area contributed by atoms with Gasteiger partial charge in [-0.3, -0.25) is 4.99 Å². The SMILES string of the molecule is NC1=NCC2(CCCS(=O)(=O)C2)N1CC1CC1. The van der Waals surface area contributed by atoms with E-state index in [2.05, 4.69) is 9.89 Å². The van der Waals surface area contributed by atoms with E-state index < -0.39 is 9.84 Å². The van der Waals surface area contributed by atoms with Gasteiger partial charge >= 0.3 is 0 Å². The predicted octanol–water partition coefficient (Wildman–Crippen LogP) is -0.0259. The fourth-order valence-electron chi connectivity index (χ4n) is 3.00. The van der Waals surface area contributed by atoms with Gasteiger partial charge in [0.25, 0.3) is 0 Å². The number of rotatable bonds is 2. The van der Waals surface area contributed by atoms with Gasteiger partial charge in [-0.1, -0.05) is 0 Å². The van der Waals surface area contributed by atoms with Crippen LogP contribution in [0.1, 0.15) is 25.7 Å². The molecule has 17 heavy (non-hydrogen) atoms. The first-order valence-electron chi connectivity index (χ1n) is 6.29. The van der Waals surface area contributed by atoms with E-state index in [9.17, 15) is 8.42 Å². The maximum atomic E-state index is 11.8. The van der Waals surface area contributed by atoms with Crippen LogP contribution >= 0.6 is 0 Å². The van der Waals surface area contributed by atoms with Gasteiger partial charge in [-0.15, -0.1) is 0 Å². The lowest BCUT2D eigenvalue weighted by molar-refractivity contribution is 0.197. The standard InChI is InChI=1S/C11H19N3O2S/c12-10-13-7-11(14(10)6-9-2-3-9)4-1-5-17(15,16)8-11/h9H,1-8H2,(H2,12,13). The molecule has 2 heterocycles. The van der Waals surface area contributed by atoms with Crippen molar-refractivity contribution >= 4 is 15.8 Å². The summed E-state index contributed by atoms with van der Waals surface area (Å²) in [6.45, 7) is 1.45.